The van der Waals surface area contributed by atoms with Crippen molar-refractivity contribution in [1.29, 1.82) is 0 Å². The van der Waals surface area contributed by atoms with Crippen LogP contribution in [0.5, 0.6) is 0 Å². The number of carbonyl (C=O) groups is 2. The van der Waals surface area contributed by atoms with E-state index >= 15 is 0 Å². The smallest absolute Gasteiger partial charge is 0.341 e. The largest absolute Gasteiger partial charge is 0.460 e. The van der Waals surface area contributed by atoms with Gasteiger partial charge in [-0.1, -0.05) is 91.0 Å². The van der Waals surface area contributed by atoms with E-state index in [1.165, 1.54) is 0 Å². The molecule has 0 heterocycles. The summed E-state index contributed by atoms with van der Waals surface area (Å²) in [7, 11) is 0. The molecule has 1 atom stereocenters. The average Bonchev–Trinajstić information content (AvgIpc) is 2.79. The van der Waals surface area contributed by atoms with E-state index in [4.69, 9.17) is 16.4 Å². The van der Waals surface area contributed by atoms with Gasteiger partial charge in [-0.25, -0.2) is 4.79 Å². The van der Waals surface area contributed by atoms with Crippen LogP contribution in [-0.4, -0.2) is 11.9 Å². The van der Waals surface area contributed by atoms with Crippen LogP contribution in [0, 0.1) is 5.92 Å². The summed E-state index contributed by atoms with van der Waals surface area (Å²) >= 11 is 0. The van der Waals surface area contributed by atoms with Gasteiger partial charge in [-0.15, -0.1) is 0 Å². The van der Waals surface area contributed by atoms with Crippen LogP contribution in [0.4, 0.5) is 0 Å². The second-order valence-electron chi connectivity index (χ2n) is 6.56. The Kier molecular flexibility index (Phi) is 6.39. The highest BCUT2D eigenvalue weighted by Crippen LogP contribution is 2.36. The van der Waals surface area contributed by atoms with Crippen LogP contribution in [0.1, 0.15) is 16.7 Å². The Morgan fingerprint density at radius 1 is 0.759 bits per heavy atom. The first-order valence-electron chi connectivity index (χ1n) is 9.08. The molecule has 4 N–H and O–H groups in total. The lowest BCUT2D eigenvalue weighted by atomic mass is 9.73. The molecule has 0 aliphatic rings. The van der Waals surface area contributed by atoms with Crippen molar-refractivity contribution in [1.82, 2.24) is 0 Å². The van der Waals surface area contributed by atoms with Gasteiger partial charge in [0.15, 0.2) is 5.92 Å². The number of hydrogen-bond acceptors (Lipinski definition) is 6. The van der Waals surface area contributed by atoms with Gasteiger partial charge in [0, 0.05) is 0 Å². The summed E-state index contributed by atoms with van der Waals surface area (Å²) in [6.07, 6.45) is 0. The molecule has 148 valence electrons. The third-order valence-corrected chi connectivity index (χ3v) is 4.77. The second-order valence-corrected chi connectivity index (χ2v) is 6.56. The van der Waals surface area contributed by atoms with E-state index in [2.05, 4.69) is 4.84 Å². The first-order chi connectivity index (χ1) is 14.1. The maximum absolute atomic E-state index is 13.1. The first-order valence-corrected chi connectivity index (χ1v) is 9.08. The number of nitrogens with two attached hydrogens (primary N) is 2. The van der Waals surface area contributed by atoms with Crippen molar-refractivity contribution >= 4 is 11.9 Å². The van der Waals surface area contributed by atoms with Gasteiger partial charge >= 0.3 is 11.9 Å². The van der Waals surface area contributed by atoms with Crippen molar-refractivity contribution in [2.45, 2.75) is 12.1 Å². The van der Waals surface area contributed by atoms with E-state index in [0.717, 1.165) is 5.56 Å². The van der Waals surface area contributed by atoms with E-state index in [9.17, 15) is 9.59 Å². The lowest BCUT2D eigenvalue weighted by Gasteiger charge is -2.35. The standard InChI is InChI=1S/C23H22N2O4/c24-23(18-12-6-2-7-13-18,19-14-8-3-9-15-19)20(22(27)29-25)21(26)28-16-17-10-4-1-5-11-17/h1-15,20H,16,24-25H2. The molecule has 0 spiro atoms. The van der Waals surface area contributed by atoms with Gasteiger partial charge < -0.3 is 15.3 Å². The number of hydrogen-bond donors (Lipinski definition) is 2. The number of rotatable bonds is 7. The normalized spacial score (nSPS) is 12.1. The minimum absolute atomic E-state index is 0.00627. The molecule has 3 aromatic carbocycles. The quantitative estimate of drug-likeness (QED) is 0.365. The lowest BCUT2D eigenvalue weighted by Crippen LogP contribution is -2.53. The zero-order chi connectivity index (χ0) is 20.7. The van der Waals surface area contributed by atoms with E-state index in [0.29, 0.717) is 11.1 Å². The number of esters is 1. The Morgan fingerprint density at radius 2 is 1.21 bits per heavy atom. The molecule has 3 aromatic rings. The van der Waals surface area contributed by atoms with Crippen LogP contribution < -0.4 is 11.6 Å². The van der Waals surface area contributed by atoms with Gasteiger partial charge in [-0.3, -0.25) is 4.79 Å². The van der Waals surface area contributed by atoms with Gasteiger partial charge in [0.25, 0.3) is 0 Å². The van der Waals surface area contributed by atoms with E-state index in [1.54, 1.807) is 48.5 Å². The fourth-order valence-corrected chi connectivity index (χ4v) is 3.28. The summed E-state index contributed by atoms with van der Waals surface area (Å²) in [5.74, 6) is 1.87. The monoisotopic (exact) mass is 390 g/mol. The Balaban J connectivity index is 2.03. The van der Waals surface area contributed by atoms with Crippen molar-refractivity contribution in [3.8, 4) is 0 Å². The molecule has 29 heavy (non-hydrogen) atoms. The highest BCUT2D eigenvalue weighted by molar-refractivity contribution is 5.97. The van der Waals surface area contributed by atoms with Gasteiger partial charge in [0.2, 0.25) is 0 Å². The maximum atomic E-state index is 13.1. The van der Waals surface area contributed by atoms with Crippen LogP contribution in [0.25, 0.3) is 0 Å². The van der Waals surface area contributed by atoms with Crippen LogP contribution >= 0.6 is 0 Å². The van der Waals surface area contributed by atoms with Crippen molar-refractivity contribution in [2.24, 2.45) is 17.5 Å². The fourth-order valence-electron chi connectivity index (χ4n) is 3.28. The molecule has 6 nitrogen and oxygen atoms in total. The first kappa shape index (κ1) is 20.3. The summed E-state index contributed by atoms with van der Waals surface area (Å²) in [4.78, 5) is 30.1. The van der Waals surface area contributed by atoms with E-state index < -0.39 is 23.4 Å². The average molecular weight is 390 g/mol. The second kappa shape index (κ2) is 9.14. The molecule has 0 bridgehead atoms. The number of benzene rings is 3. The summed E-state index contributed by atoms with van der Waals surface area (Å²) in [5.41, 5.74) is 7.13. The summed E-state index contributed by atoms with van der Waals surface area (Å²) in [6.45, 7) is -0.00627. The van der Waals surface area contributed by atoms with Crippen LogP contribution in [-0.2, 0) is 31.3 Å². The maximum Gasteiger partial charge on any atom is 0.341 e. The van der Waals surface area contributed by atoms with Crippen molar-refractivity contribution in [3.05, 3.63) is 108 Å². The molecule has 0 saturated carbocycles. The molecule has 0 aliphatic heterocycles. The molecule has 0 fully saturated rings. The molecule has 0 aliphatic carbocycles. The van der Waals surface area contributed by atoms with E-state index in [1.807, 2.05) is 42.5 Å². The van der Waals surface area contributed by atoms with Gasteiger partial charge in [-0.2, -0.15) is 5.90 Å². The molecule has 3 rings (SSSR count). The molecule has 0 amide bonds. The summed E-state index contributed by atoms with van der Waals surface area (Å²) in [6, 6.07) is 26.9. The summed E-state index contributed by atoms with van der Waals surface area (Å²) < 4.78 is 5.43. The molecular weight excluding hydrogens is 368 g/mol. The molecular formula is C23H22N2O4. The Hall–Kier alpha value is -3.48. The molecule has 0 saturated heterocycles. The topological polar surface area (TPSA) is 105 Å². The van der Waals surface area contributed by atoms with Crippen molar-refractivity contribution < 1.29 is 19.2 Å². The number of ether oxygens (including phenoxy) is 1. The van der Waals surface area contributed by atoms with Gasteiger partial charge in [0.05, 0.1) is 5.54 Å². The molecule has 0 radical (unpaired) electrons. The molecule has 0 aromatic heterocycles. The van der Waals surface area contributed by atoms with Crippen LogP contribution in [0.3, 0.4) is 0 Å². The molecule has 1 unspecified atom stereocenters. The minimum atomic E-state index is -1.53. The molecule has 6 heteroatoms. The van der Waals surface area contributed by atoms with Crippen molar-refractivity contribution in [3.63, 3.8) is 0 Å². The predicted octanol–water partition coefficient (Wildman–Crippen LogP) is 2.67. The number of carbonyl (C=O) groups excluding carboxylic acids is 2. The zero-order valence-electron chi connectivity index (χ0n) is 15.7. The highest BCUT2D eigenvalue weighted by atomic mass is 16.7. The zero-order valence-corrected chi connectivity index (χ0v) is 15.7. The van der Waals surface area contributed by atoms with E-state index in [-0.39, 0.29) is 6.61 Å². The third kappa shape index (κ3) is 4.34. The van der Waals surface area contributed by atoms with Crippen LogP contribution in [0.2, 0.25) is 0 Å². The summed E-state index contributed by atoms with van der Waals surface area (Å²) in [5, 5.41) is 0. The van der Waals surface area contributed by atoms with Gasteiger partial charge in [0.1, 0.15) is 6.61 Å². The Morgan fingerprint density at radius 3 is 1.66 bits per heavy atom. The third-order valence-electron chi connectivity index (χ3n) is 4.77. The van der Waals surface area contributed by atoms with Crippen LogP contribution in [0.15, 0.2) is 91.0 Å². The highest BCUT2D eigenvalue weighted by Gasteiger charge is 2.49. The SMILES string of the molecule is NOC(=O)C(C(=O)OCc1ccccc1)C(N)(c1ccccc1)c1ccccc1. The van der Waals surface area contributed by atoms with Gasteiger partial charge in [-0.05, 0) is 16.7 Å². The van der Waals surface area contributed by atoms with Crippen molar-refractivity contribution in [2.75, 3.05) is 0 Å². The minimum Gasteiger partial charge on any atom is -0.460 e. The Bertz CT molecular complexity index is 907. The lowest BCUT2D eigenvalue weighted by molar-refractivity contribution is -0.166. The predicted molar refractivity (Wildman–Crippen MR) is 108 cm³/mol. The Labute approximate surface area is 169 Å². The fraction of sp³-hybridized carbons (Fsp3) is 0.130.